The van der Waals surface area contributed by atoms with Crippen molar-refractivity contribution in [1.82, 2.24) is 10.2 Å². The van der Waals surface area contributed by atoms with Gasteiger partial charge < -0.3 is 19.7 Å². The minimum atomic E-state index is -0.452. The smallest absolute Gasteiger partial charge is 0.231 e. The van der Waals surface area contributed by atoms with Crippen LogP contribution in [0, 0.1) is 5.92 Å². The highest BCUT2D eigenvalue weighted by Crippen LogP contribution is 2.33. The molecule has 0 spiro atoms. The van der Waals surface area contributed by atoms with Crippen molar-refractivity contribution in [2.45, 2.75) is 13.0 Å². The van der Waals surface area contributed by atoms with E-state index in [-0.39, 0.29) is 18.2 Å². The van der Waals surface area contributed by atoms with Crippen LogP contribution in [0.2, 0.25) is 0 Å². The molecule has 0 aliphatic carbocycles. The van der Waals surface area contributed by atoms with E-state index in [0.717, 1.165) is 0 Å². The second kappa shape index (κ2) is 7.58. The van der Waals surface area contributed by atoms with Gasteiger partial charge in [0.25, 0.3) is 0 Å². The van der Waals surface area contributed by atoms with Crippen LogP contribution in [0.4, 0.5) is 10.8 Å². The number of hydrogen-bond donors (Lipinski definition) is 1. The molecule has 1 atom stereocenters. The molecule has 2 heterocycles. The molecule has 0 radical (unpaired) electrons. The number of carbonyl (C=O) groups excluding carboxylic acids is 2. The monoisotopic (exact) mass is 362 g/mol. The van der Waals surface area contributed by atoms with E-state index in [2.05, 4.69) is 15.5 Å². The first-order chi connectivity index (χ1) is 12.1. The summed E-state index contributed by atoms with van der Waals surface area (Å²) >= 11 is 1.25. The van der Waals surface area contributed by atoms with E-state index < -0.39 is 5.92 Å². The number of methoxy groups -OCH3 is 2. The minimum absolute atomic E-state index is 0.109. The molecule has 0 saturated carbocycles. The first kappa shape index (κ1) is 17.3. The molecule has 1 aromatic carbocycles. The molecule has 1 aliphatic heterocycles. The second-order valence-electron chi connectivity index (χ2n) is 5.50. The molecule has 132 valence electrons. The molecule has 1 N–H and O–H groups in total. The molecule has 25 heavy (non-hydrogen) atoms. The van der Waals surface area contributed by atoms with Gasteiger partial charge in [-0.3, -0.25) is 9.59 Å². The zero-order valence-electron chi connectivity index (χ0n) is 13.9. The average Bonchev–Trinajstić information content (AvgIpc) is 3.21. The summed E-state index contributed by atoms with van der Waals surface area (Å²) in [6.45, 7) is 0.645. The predicted octanol–water partition coefficient (Wildman–Crippen LogP) is 1.68. The van der Waals surface area contributed by atoms with E-state index in [1.54, 1.807) is 31.3 Å². The molecule has 9 heteroatoms. The lowest BCUT2D eigenvalue weighted by molar-refractivity contribution is -0.122. The summed E-state index contributed by atoms with van der Waals surface area (Å²) in [5, 5.41) is 11.6. The fraction of sp³-hybridized carbons (Fsp3) is 0.375. The van der Waals surface area contributed by atoms with Crippen LogP contribution in [0.1, 0.15) is 11.4 Å². The number of amides is 2. The number of rotatable bonds is 6. The number of anilines is 2. The highest BCUT2D eigenvalue weighted by atomic mass is 32.1. The number of ether oxygens (including phenoxy) is 2. The third-order valence-electron chi connectivity index (χ3n) is 3.84. The lowest BCUT2D eigenvalue weighted by Gasteiger charge is -2.19. The molecule has 8 nitrogen and oxygen atoms in total. The van der Waals surface area contributed by atoms with Gasteiger partial charge in [-0.05, 0) is 12.1 Å². The normalized spacial score (nSPS) is 17.0. The Bertz CT molecular complexity index is 779. The predicted molar refractivity (Wildman–Crippen MR) is 92.7 cm³/mol. The van der Waals surface area contributed by atoms with Gasteiger partial charge in [-0.25, -0.2) is 0 Å². The maximum atomic E-state index is 12.4. The Morgan fingerprint density at radius 1 is 1.36 bits per heavy atom. The van der Waals surface area contributed by atoms with Gasteiger partial charge >= 0.3 is 0 Å². The highest BCUT2D eigenvalue weighted by Gasteiger charge is 2.36. The Morgan fingerprint density at radius 3 is 2.92 bits per heavy atom. The Balaban J connectivity index is 1.68. The van der Waals surface area contributed by atoms with Gasteiger partial charge in [-0.15, -0.1) is 10.2 Å². The van der Waals surface area contributed by atoms with Gasteiger partial charge in [0, 0.05) is 20.1 Å². The molecule has 0 bridgehead atoms. The van der Waals surface area contributed by atoms with Gasteiger partial charge in [0.15, 0.2) is 0 Å². The van der Waals surface area contributed by atoms with Gasteiger partial charge in [0.1, 0.15) is 17.4 Å². The fourth-order valence-electron chi connectivity index (χ4n) is 2.66. The van der Waals surface area contributed by atoms with Gasteiger partial charge in [-0.2, -0.15) is 0 Å². The maximum Gasteiger partial charge on any atom is 0.231 e. The van der Waals surface area contributed by atoms with Crippen LogP contribution in [0.15, 0.2) is 24.3 Å². The van der Waals surface area contributed by atoms with E-state index in [4.69, 9.17) is 9.47 Å². The van der Waals surface area contributed by atoms with Crippen molar-refractivity contribution in [3.63, 3.8) is 0 Å². The van der Waals surface area contributed by atoms with Crippen molar-refractivity contribution < 1.29 is 19.1 Å². The van der Waals surface area contributed by atoms with Gasteiger partial charge in [0.05, 0.1) is 18.7 Å². The number of para-hydroxylation sites is 2. The van der Waals surface area contributed by atoms with E-state index in [9.17, 15) is 9.59 Å². The van der Waals surface area contributed by atoms with Crippen LogP contribution in [0.25, 0.3) is 0 Å². The van der Waals surface area contributed by atoms with Crippen LogP contribution in [0.3, 0.4) is 0 Å². The first-order valence-electron chi connectivity index (χ1n) is 7.68. The van der Waals surface area contributed by atoms with Crippen molar-refractivity contribution in [2.75, 3.05) is 31.0 Å². The molecule has 1 aromatic heterocycles. The zero-order chi connectivity index (χ0) is 17.8. The number of benzene rings is 1. The lowest BCUT2D eigenvalue weighted by Crippen LogP contribution is -2.28. The van der Waals surface area contributed by atoms with Crippen LogP contribution in [0.5, 0.6) is 5.75 Å². The summed E-state index contributed by atoms with van der Waals surface area (Å²) < 4.78 is 10.3. The second-order valence-corrected chi connectivity index (χ2v) is 6.56. The Morgan fingerprint density at radius 2 is 2.16 bits per heavy atom. The number of hydrogen-bond acceptors (Lipinski definition) is 7. The summed E-state index contributed by atoms with van der Waals surface area (Å²) in [6.07, 6.45) is 0.146. The molecule has 1 fully saturated rings. The maximum absolute atomic E-state index is 12.4. The minimum Gasteiger partial charge on any atom is -0.495 e. The van der Waals surface area contributed by atoms with Crippen LogP contribution in [-0.2, 0) is 20.9 Å². The summed E-state index contributed by atoms with van der Waals surface area (Å²) in [6, 6.07) is 7.25. The lowest BCUT2D eigenvalue weighted by atomic mass is 10.1. The quantitative estimate of drug-likeness (QED) is 0.840. The third-order valence-corrected chi connectivity index (χ3v) is 4.65. The van der Waals surface area contributed by atoms with E-state index in [1.807, 2.05) is 12.1 Å². The van der Waals surface area contributed by atoms with Crippen molar-refractivity contribution in [1.29, 1.82) is 0 Å². The van der Waals surface area contributed by atoms with Gasteiger partial charge in [0.2, 0.25) is 16.9 Å². The van der Waals surface area contributed by atoms with Gasteiger partial charge in [-0.1, -0.05) is 23.5 Å². The number of nitrogens with one attached hydrogen (secondary N) is 1. The molecule has 1 saturated heterocycles. The molecular formula is C16H18N4O4S. The third kappa shape index (κ3) is 3.77. The molecule has 2 aromatic rings. The van der Waals surface area contributed by atoms with E-state index >= 15 is 0 Å². The summed E-state index contributed by atoms with van der Waals surface area (Å²) in [5.74, 6) is -0.203. The summed E-state index contributed by atoms with van der Waals surface area (Å²) in [7, 11) is 3.12. The summed E-state index contributed by atoms with van der Waals surface area (Å²) in [4.78, 5) is 26.4. The van der Waals surface area contributed by atoms with Crippen molar-refractivity contribution in [3.8, 4) is 5.75 Å². The number of carbonyl (C=O) groups is 2. The molecule has 1 aliphatic rings. The van der Waals surface area contributed by atoms with Crippen LogP contribution < -0.4 is 15.0 Å². The number of nitrogens with zero attached hydrogens (tertiary/aromatic N) is 3. The van der Waals surface area contributed by atoms with E-state index in [1.165, 1.54) is 11.3 Å². The number of aromatic nitrogens is 2. The van der Waals surface area contributed by atoms with Crippen molar-refractivity contribution in [2.24, 2.45) is 5.92 Å². The molecule has 1 unspecified atom stereocenters. The largest absolute Gasteiger partial charge is 0.495 e. The Kier molecular flexibility index (Phi) is 5.25. The Hall–Kier alpha value is -2.52. The standard InChI is InChI=1S/C16H18N4O4S/c1-23-9-13-18-19-16(25-13)17-15(22)10-7-14(21)20(8-10)11-5-3-4-6-12(11)24-2/h3-6,10H,7-9H2,1-2H3,(H,17,19,22). The zero-order valence-corrected chi connectivity index (χ0v) is 14.7. The molecular weight excluding hydrogens is 344 g/mol. The van der Waals surface area contributed by atoms with Crippen molar-refractivity contribution >= 4 is 34.0 Å². The van der Waals surface area contributed by atoms with E-state index in [0.29, 0.717) is 34.7 Å². The van der Waals surface area contributed by atoms with Crippen LogP contribution >= 0.6 is 11.3 Å². The Labute approximate surface area is 148 Å². The van der Waals surface area contributed by atoms with Crippen LogP contribution in [-0.4, -0.2) is 42.8 Å². The molecule has 3 rings (SSSR count). The fourth-order valence-corrected chi connectivity index (χ4v) is 3.38. The highest BCUT2D eigenvalue weighted by molar-refractivity contribution is 7.15. The summed E-state index contributed by atoms with van der Waals surface area (Å²) in [5.41, 5.74) is 0.670. The SMILES string of the molecule is COCc1nnc(NC(=O)C2CC(=O)N(c3ccccc3OC)C2)s1. The molecule has 2 amide bonds. The average molecular weight is 362 g/mol. The topological polar surface area (TPSA) is 93.7 Å². The van der Waals surface area contributed by atoms with Crippen molar-refractivity contribution in [3.05, 3.63) is 29.3 Å². The first-order valence-corrected chi connectivity index (χ1v) is 8.49.